The number of benzene rings is 2. The monoisotopic (exact) mass is 653 g/mol. The fourth-order valence-corrected chi connectivity index (χ4v) is 21.2. The summed E-state index contributed by atoms with van der Waals surface area (Å²) in [5, 5.41) is 13.9. The summed E-state index contributed by atoms with van der Waals surface area (Å²) < 4.78 is 7.65. The van der Waals surface area contributed by atoms with Crippen LogP contribution < -0.4 is 7.47 Å². The first-order valence-electron chi connectivity index (χ1n) is 9.85. The first kappa shape index (κ1) is 21.8. The summed E-state index contributed by atoms with van der Waals surface area (Å²) >= 11 is -2.82. The minimum absolute atomic E-state index is 0.0409. The predicted molar refractivity (Wildman–Crippen MR) is 112 cm³/mol. The van der Waals surface area contributed by atoms with E-state index in [1.165, 1.54) is 16.9 Å². The molecule has 0 fully saturated rings. The molecule has 28 heavy (non-hydrogen) atoms. The molecule has 0 atom stereocenters. The van der Waals surface area contributed by atoms with E-state index in [4.69, 9.17) is 6.57 Å². The molecule has 0 aromatic heterocycles. The van der Waals surface area contributed by atoms with Gasteiger partial charge in [0.05, 0.1) is 0 Å². The zero-order chi connectivity index (χ0) is 20.4. The van der Waals surface area contributed by atoms with E-state index in [-0.39, 0.29) is 26.7 Å². The van der Waals surface area contributed by atoms with Crippen LogP contribution >= 0.6 is 0 Å². The quantitative estimate of drug-likeness (QED) is 0.318. The predicted octanol–water partition coefficient (Wildman–Crippen LogP) is 2.84. The summed E-state index contributed by atoms with van der Waals surface area (Å²) in [5.74, 6) is 0. The molecule has 0 saturated heterocycles. The average molecular weight is 654 g/mol. The Balaban J connectivity index is 2.24. The molecule has 2 aliphatic heterocycles. The summed E-state index contributed by atoms with van der Waals surface area (Å²) in [7, 11) is 0. The van der Waals surface area contributed by atoms with E-state index in [9.17, 15) is 5.26 Å². The molecule has 0 amide bonds. The third kappa shape index (κ3) is 3.69. The molecule has 0 unspecified atom stereocenters. The molecule has 5 heteroatoms. The van der Waals surface area contributed by atoms with Crippen molar-refractivity contribution in [2.45, 2.75) is 41.5 Å². The van der Waals surface area contributed by atoms with E-state index < -0.39 is 73.2 Å². The summed E-state index contributed by atoms with van der Waals surface area (Å²) in [6, 6.07) is 6.99. The zero-order valence-electron chi connectivity index (χ0n) is 17.6. The van der Waals surface area contributed by atoms with Gasteiger partial charge in [-0.3, -0.25) is 0 Å². The normalized spacial score (nSPS) is 14.7. The molecule has 4 radical (unpaired) electrons. The topological polar surface area (TPSA) is 28.1 Å². The van der Waals surface area contributed by atoms with Crippen molar-refractivity contribution in [1.82, 2.24) is 0 Å². The molecule has 0 bridgehead atoms. The molecule has 133 valence electrons. The Labute approximate surface area is 212 Å². The number of hydrogen-bond donors (Lipinski definition) is 0. The number of nitrogens with zero attached hydrogens (tertiary/aromatic N) is 2. The van der Waals surface area contributed by atoms with Gasteiger partial charge in [-0.15, -0.1) is 0 Å². The van der Waals surface area contributed by atoms with Crippen LogP contribution in [-0.2, 0) is 15.8 Å². The summed E-state index contributed by atoms with van der Waals surface area (Å²) in [4.78, 5) is 4.01. The van der Waals surface area contributed by atoms with Crippen LogP contribution in [0.15, 0.2) is 12.1 Å². The molecule has 2 aromatic rings. The molecule has 2 nitrogen and oxygen atoms in total. The van der Waals surface area contributed by atoms with Crippen LogP contribution in [0.4, 0.5) is 5.69 Å². The van der Waals surface area contributed by atoms with Crippen LogP contribution in [0.1, 0.15) is 47.1 Å². The van der Waals surface area contributed by atoms with Crippen LogP contribution in [0.3, 0.4) is 0 Å². The van der Waals surface area contributed by atoms with E-state index in [2.05, 4.69) is 70.7 Å². The van der Waals surface area contributed by atoms with Gasteiger partial charge in [0.1, 0.15) is 0 Å². The molecule has 2 aliphatic rings. The van der Waals surface area contributed by atoms with Crippen LogP contribution in [0.5, 0.6) is 0 Å². The SMILES string of the molecule is [C-]#[N+]c1c[c]2c3c(c(C#N)c[c]4c3[c]1=[V][C](C(C)(C)C)=[U]4)=C[C](C(C)(C)C)=[K]2. The van der Waals surface area contributed by atoms with Crippen LogP contribution in [0.2, 0.25) is 0 Å². The second-order valence-corrected chi connectivity index (χ2v) is 24.1. The van der Waals surface area contributed by atoms with Gasteiger partial charge in [-0.25, -0.2) is 0 Å². The van der Waals surface area contributed by atoms with Gasteiger partial charge in [-0.1, -0.05) is 0 Å². The van der Waals surface area contributed by atoms with E-state index in [0.29, 0.717) is 0 Å². The van der Waals surface area contributed by atoms with Crippen molar-refractivity contribution in [3.63, 3.8) is 0 Å². The Kier molecular flexibility index (Phi) is 5.92. The van der Waals surface area contributed by atoms with Gasteiger partial charge >= 0.3 is 217 Å². The van der Waals surface area contributed by atoms with Crippen molar-refractivity contribution in [2.75, 3.05) is 0 Å². The summed E-state index contributed by atoms with van der Waals surface area (Å²) in [6.45, 7) is 21.8. The van der Waals surface area contributed by atoms with Gasteiger partial charge in [0.2, 0.25) is 0 Å². The van der Waals surface area contributed by atoms with Gasteiger partial charge in [-0.05, 0) is 0 Å². The van der Waals surface area contributed by atoms with Crippen LogP contribution in [0, 0.1) is 59.8 Å². The van der Waals surface area contributed by atoms with Crippen molar-refractivity contribution in [2.24, 2.45) is 10.8 Å². The third-order valence-corrected chi connectivity index (χ3v) is 24.7. The van der Waals surface area contributed by atoms with E-state index in [1.54, 1.807) is 0.804 Å². The van der Waals surface area contributed by atoms with Crippen molar-refractivity contribution in [3.05, 3.63) is 38.2 Å². The van der Waals surface area contributed by atoms with E-state index in [1.807, 2.05) is 0 Å². The molecule has 2 heterocycles. The molecule has 0 saturated carbocycles. The van der Waals surface area contributed by atoms with E-state index >= 15 is 0 Å². The standard InChI is InChI=1S/C18H12N2.C5H9.K.U.V/c1-18(2,3)10-9-17-14(12-19)6-5-13-11-15(20-4)7-8-16(13)17;1-5(2,3)4;;;/h6-7,9H,1-3H3;1-3H3;;;. The van der Waals surface area contributed by atoms with Crippen LogP contribution in [-0.4, -0.2) is 46.8 Å². The summed E-state index contributed by atoms with van der Waals surface area (Å²) in [5.41, 5.74) is 2.17. The Morgan fingerprint density at radius 2 is 1.82 bits per heavy atom. The Morgan fingerprint density at radius 1 is 1.11 bits per heavy atom. The molecule has 0 spiro atoms. The van der Waals surface area contributed by atoms with Gasteiger partial charge in [0, 0.05) is 0 Å². The molecule has 4 rings (SSSR count). The van der Waals surface area contributed by atoms with Gasteiger partial charge < -0.3 is 0 Å². The van der Waals surface area contributed by atoms with Crippen molar-refractivity contribution in [3.8, 4) is 6.07 Å². The van der Waals surface area contributed by atoms with Gasteiger partial charge in [0.15, 0.2) is 0 Å². The van der Waals surface area contributed by atoms with Crippen molar-refractivity contribution >= 4 is 71.6 Å². The van der Waals surface area contributed by atoms with Gasteiger partial charge in [0.25, 0.3) is 0 Å². The van der Waals surface area contributed by atoms with E-state index in [0.717, 1.165) is 16.5 Å². The Hall–Kier alpha value is 0.563. The number of hydrogen-bond acceptors (Lipinski definition) is 1. The Morgan fingerprint density at radius 3 is 2.39 bits per heavy atom. The maximum atomic E-state index is 9.96. The third-order valence-electron chi connectivity index (χ3n) is 6.11. The zero-order valence-corrected chi connectivity index (χ0v) is 26.3. The fraction of sp³-hybridized carbons (Fsp3) is 0.348. The second kappa shape index (κ2) is 7.61. The molecule has 0 N–H and O–H groups in total. The number of nitriles is 1. The van der Waals surface area contributed by atoms with Crippen LogP contribution in [0.25, 0.3) is 21.7 Å². The first-order valence-corrected chi connectivity index (χ1v) is 18.5. The van der Waals surface area contributed by atoms with Crippen molar-refractivity contribution < 1.29 is 43.1 Å². The molecule has 2 aromatic carbocycles. The second-order valence-electron chi connectivity index (χ2n) is 10.1. The number of rotatable bonds is 0. The minimum atomic E-state index is -1.48. The average Bonchev–Trinajstić information content (AvgIpc) is 2.62. The molecular formula is C23H21KN2UV. The summed E-state index contributed by atoms with van der Waals surface area (Å²) in [6.07, 6.45) is 2.38. The first-order chi connectivity index (χ1) is 13.0. The molecule has 0 aliphatic carbocycles. The maximum absolute atomic E-state index is 9.96. The fourth-order valence-electron chi connectivity index (χ4n) is 4.36. The van der Waals surface area contributed by atoms with Crippen molar-refractivity contribution in [1.29, 1.82) is 5.26 Å². The van der Waals surface area contributed by atoms with Gasteiger partial charge in [-0.2, -0.15) is 0 Å². The Bertz CT molecular complexity index is 1230. The molecular weight excluding hydrogens is 632 g/mol.